The molecule has 2 aromatic rings. The van der Waals surface area contributed by atoms with E-state index in [9.17, 15) is 9.59 Å². The first-order valence-corrected chi connectivity index (χ1v) is 7.75. The topological polar surface area (TPSA) is 93.6 Å². The summed E-state index contributed by atoms with van der Waals surface area (Å²) in [5.74, 6) is 0.336. The molecule has 0 fully saturated rings. The number of aliphatic carboxylic acids is 1. The lowest BCUT2D eigenvalue weighted by Crippen LogP contribution is -2.22. The van der Waals surface area contributed by atoms with Crippen LogP contribution in [-0.2, 0) is 11.3 Å². The van der Waals surface area contributed by atoms with Crippen LogP contribution in [0.3, 0.4) is 0 Å². The molecule has 8 heteroatoms. The van der Waals surface area contributed by atoms with Crippen molar-refractivity contribution in [1.29, 1.82) is 0 Å². The van der Waals surface area contributed by atoms with Crippen molar-refractivity contribution in [2.45, 2.75) is 32.2 Å². The Morgan fingerprint density at radius 1 is 1.26 bits per heavy atom. The minimum absolute atomic E-state index is 0.142. The van der Waals surface area contributed by atoms with Crippen molar-refractivity contribution < 1.29 is 19.4 Å². The van der Waals surface area contributed by atoms with E-state index < -0.39 is 5.97 Å². The molecule has 0 atom stereocenters. The molecule has 0 saturated carbocycles. The number of H-pyrrole nitrogens is 1. The van der Waals surface area contributed by atoms with Crippen LogP contribution in [0.15, 0.2) is 16.9 Å². The van der Waals surface area contributed by atoms with E-state index in [2.05, 4.69) is 4.98 Å². The monoisotopic (exact) mass is 336 g/mol. The van der Waals surface area contributed by atoms with E-state index in [1.807, 2.05) is 0 Å². The van der Waals surface area contributed by atoms with Gasteiger partial charge in [-0.2, -0.15) is 0 Å². The average Bonchev–Trinajstić information content (AvgIpc) is 2.95. The zero-order valence-corrected chi connectivity index (χ0v) is 13.1. The second-order valence-electron chi connectivity index (χ2n) is 5.34. The van der Waals surface area contributed by atoms with Gasteiger partial charge in [0.2, 0.25) is 6.79 Å². The number of carbonyl (C=O) groups is 1. The van der Waals surface area contributed by atoms with Crippen LogP contribution in [0.1, 0.15) is 25.7 Å². The molecule has 1 aromatic heterocycles. The fourth-order valence-corrected chi connectivity index (χ4v) is 2.85. The highest BCUT2D eigenvalue weighted by Crippen LogP contribution is 2.34. The van der Waals surface area contributed by atoms with Gasteiger partial charge in [-0.1, -0.05) is 6.42 Å². The number of hydrogen-bond donors (Lipinski definition) is 2. The summed E-state index contributed by atoms with van der Waals surface area (Å²) >= 11 is 5.26. The third kappa shape index (κ3) is 3.21. The number of rotatable bonds is 6. The second-order valence-corrected chi connectivity index (χ2v) is 5.73. The molecule has 0 aliphatic carbocycles. The Morgan fingerprint density at radius 2 is 2.00 bits per heavy atom. The predicted molar refractivity (Wildman–Crippen MR) is 85.6 cm³/mol. The first-order valence-electron chi connectivity index (χ1n) is 7.34. The van der Waals surface area contributed by atoms with Crippen LogP contribution in [-0.4, -0.2) is 27.4 Å². The van der Waals surface area contributed by atoms with E-state index in [1.54, 1.807) is 12.1 Å². The number of aromatic nitrogens is 2. The van der Waals surface area contributed by atoms with Crippen LogP contribution < -0.4 is 15.0 Å². The van der Waals surface area contributed by atoms with E-state index in [1.165, 1.54) is 4.57 Å². The van der Waals surface area contributed by atoms with Crippen molar-refractivity contribution in [3.8, 4) is 11.5 Å². The van der Waals surface area contributed by atoms with E-state index in [4.69, 9.17) is 26.8 Å². The lowest BCUT2D eigenvalue weighted by molar-refractivity contribution is -0.137. The molecule has 0 spiro atoms. The van der Waals surface area contributed by atoms with E-state index >= 15 is 0 Å². The van der Waals surface area contributed by atoms with Crippen LogP contribution in [0, 0.1) is 4.77 Å². The highest BCUT2D eigenvalue weighted by Gasteiger charge is 2.16. The number of nitrogens with one attached hydrogen (secondary N) is 1. The number of ether oxygens (including phenoxy) is 2. The molecule has 0 bridgehead atoms. The van der Waals surface area contributed by atoms with Gasteiger partial charge in [-0.3, -0.25) is 14.2 Å². The molecule has 0 radical (unpaired) electrons. The van der Waals surface area contributed by atoms with Gasteiger partial charge in [0.1, 0.15) is 0 Å². The summed E-state index contributed by atoms with van der Waals surface area (Å²) in [5.41, 5.74) is 0.437. The molecule has 3 rings (SSSR count). The fourth-order valence-electron chi connectivity index (χ4n) is 2.57. The molecule has 1 aliphatic heterocycles. The number of carboxylic acids is 1. The number of nitrogens with zero attached hydrogens (tertiary/aromatic N) is 1. The fraction of sp³-hybridized carbons (Fsp3) is 0.400. The van der Waals surface area contributed by atoms with Crippen molar-refractivity contribution >= 4 is 29.1 Å². The van der Waals surface area contributed by atoms with Crippen molar-refractivity contribution in [2.75, 3.05) is 6.79 Å². The zero-order valence-electron chi connectivity index (χ0n) is 12.3. The largest absolute Gasteiger partial charge is 0.481 e. The number of unbranched alkanes of at least 4 members (excludes halogenated alkanes) is 2. The molecule has 1 aliphatic rings. The van der Waals surface area contributed by atoms with Crippen LogP contribution in [0.25, 0.3) is 10.9 Å². The van der Waals surface area contributed by atoms with Crippen LogP contribution in [0.5, 0.6) is 11.5 Å². The third-order valence-electron chi connectivity index (χ3n) is 3.75. The Kier molecular flexibility index (Phi) is 4.33. The van der Waals surface area contributed by atoms with Gasteiger partial charge in [-0.25, -0.2) is 0 Å². The molecule has 0 amide bonds. The van der Waals surface area contributed by atoms with Gasteiger partial charge in [0, 0.05) is 19.0 Å². The van der Waals surface area contributed by atoms with E-state index in [-0.39, 0.29) is 18.8 Å². The number of hydrogen-bond acceptors (Lipinski definition) is 5. The SMILES string of the molecule is O=C(O)CCCCCn1c(=S)[nH]c2cc3c(cc2c1=O)OCO3. The summed E-state index contributed by atoms with van der Waals surface area (Å²) in [4.78, 5) is 26.1. The third-order valence-corrected chi connectivity index (χ3v) is 4.07. The normalized spacial score (nSPS) is 12.7. The lowest BCUT2D eigenvalue weighted by atomic mass is 10.2. The molecule has 2 N–H and O–H groups in total. The number of benzene rings is 1. The molecular weight excluding hydrogens is 320 g/mol. The summed E-state index contributed by atoms with van der Waals surface area (Å²) in [6, 6.07) is 3.37. The maximum atomic E-state index is 12.6. The molecule has 122 valence electrons. The predicted octanol–water partition coefficient (Wildman–Crippen LogP) is 2.43. The van der Waals surface area contributed by atoms with Crippen molar-refractivity contribution in [3.63, 3.8) is 0 Å². The van der Waals surface area contributed by atoms with Crippen LogP contribution in [0.4, 0.5) is 0 Å². The summed E-state index contributed by atoms with van der Waals surface area (Å²) in [6.07, 6.45) is 2.16. The van der Waals surface area contributed by atoms with E-state index in [0.717, 1.165) is 6.42 Å². The van der Waals surface area contributed by atoms with Crippen LogP contribution in [0.2, 0.25) is 0 Å². The molecule has 7 nitrogen and oxygen atoms in total. The minimum atomic E-state index is -0.804. The van der Waals surface area contributed by atoms with Crippen molar-refractivity contribution in [3.05, 3.63) is 27.3 Å². The lowest BCUT2D eigenvalue weighted by Gasteiger charge is -2.08. The highest BCUT2D eigenvalue weighted by molar-refractivity contribution is 7.71. The van der Waals surface area contributed by atoms with Gasteiger partial charge in [0.25, 0.3) is 5.56 Å². The quantitative estimate of drug-likeness (QED) is 0.621. The number of carboxylic acid groups (broad SMARTS) is 1. The minimum Gasteiger partial charge on any atom is -0.481 e. The van der Waals surface area contributed by atoms with Gasteiger partial charge < -0.3 is 19.6 Å². The summed E-state index contributed by atoms with van der Waals surface area (Å²) < 4.78 is 12.4. The van der Waals surface area contributed by atoms with Crippen molar-refractivity contribution in [1.82, 2.24) is 9.55 Å². The molecule has 23 heavy (non-hydrogen) atoms. The summed E-state index contributed by atoms with van der Waals surface area (Å²) in [5, 5.41) is 9.11. The molecule has 0 saturated heterocycles. The number of fused-ring (bicyclic) bond motifs is 2. The molecule has 1 aromatic carbocycles. The first-order chi connectivity index (χ1) is 11.1. The van der Waals surface area contributed by atoms with Gasteiger partial charge in [0.05, 0.1) is 10.9 Å². The van der Waals surface area contributed by atoms with Gasteiger partial charge >= 0.3 is 5.97 Å². The Labute approximate surface area is 136 Å². The highest BCUT2D eigenvalue weighted by atomic mass is 32.1. The standard InChI is InChI=1S/C15H16N2O5S/c18-13(19)4-2-1-3-5-17-14(20)9-6-11-12(22-8-21-11)7-10(9)16-15(17)23/h6-7H,1-5,8H2,(H,16,23)(H,18,19). The number of aromatic amines is 1. The molecule has 2 heterocycles. The molecular formula is C15H16N2O5S. The maximum Gasteiger partial charge on any atom is 0.303 e. The Balaban J connectivity index is 1.83. The maximum absolute atomic E-state index is 12.6. The Hall–Kier alpha value is -2.35. The average molecular weight is 336 g/mol. The smallest absolute Gasteiger partial charge is 0.303 e. The van der Waals surface area contributed by atoms with Gasteiger partial charge in [0.15, 0.2) is 16.3 Å². The van der Waals surface area contributed by atoms with Crippen molar-refractivity contribution in [2.24, 2.45) is 0 Å². The van der Waals surface area contributed by atoms with Gasteiger partial charge in [-0.15, -0.1) is 0 Å². The Bertz CT molecular complexity index is 871. The summed E-state index contributed by atoms with van der Waals surface area (Å²) in [6.45, 7) is 0.600. The second kappa shape index (κ2) is 6.41. The van der Waals surface area contributed by atoms with Gasteiger partial charge in [-0.05, 0) is 31.1 Å². The Morgan fingerprint density at radius 3 is 2.74 bits per heavy atom. The summed E-state index contributed by atoms with van der Waals surface area (Å²) in [7, 11) is 0. The van der Waals surface area contributed by atoms with Crippen LogP contribution >= 0.6 is 12.2 Å². The van der Waals surface area contributed by atoms with E-state index in [0.29, 0.717) is 46.6 Å². The first kappa shape index (κ1) is 15.5. The zero-order chi connectivity index (χ0) is 16.4. The molecule has 0 unspecified atom stereocenters.